The number of ether oxygens (including phenoxy) is 1. The largest absolute Gasteiger partial charge is 0.493 e. The van der Waals surface area contributed by atoms with E-state index < -0.39 is 0 Å². The van der Waals surface area contributed by atoms with E-state index in [1.165, 1.54) is 0 Å². The van der Waals surface area contributed by atoms with Crippen LogP contribution < -0.4 is 10.1 Å². The molecule has 0 unspecified atom stereocenters. The summed E-state index contributed by atoms with van der Waals surface area (Å²) in [6.07, 6.45) is 2.77. The number of aliphatic hydroxyl groups excluding tert-OH is 1. The normalized spacial score (nSPS) is 21.9. The second kappa shape index (κ2) is 6.26. The molecular weight excluding hydrogens is 280 g/mol. The zero-order chi connectivity index (χ0) is 15.7. The molecule has 0 bridgehead atoms. The highest BCUT2D eigenvalue weighted by molar-refractivity contribution is 5.80. The number of fused-ring (bicyclic) bond motifs is 1. The van der Waals surface area contributed by atoms with Crippen LogP contribution >= 0.6 is 0 Å². The Hall–Kier alpha value is -1.59. The third kappa shape index (κ3) is 2.96. The first-order valence-corrected chi connectivity index (χ1v) is 7.97. The first kappa shape index (κ1) is 15.3. The van der Waals surface area contributed by atoms with Gasteiger partial charge in [0.15, 0.2) is 17.2 Å². The van der Waals surface area contributed by atoms with Crippen molar-refractivity contribution >= 4 is 11.1 Å². The van der Waals surface area contributed by atoms with Gasteiger partial charge in [-0.05, 0) is 37.0 Å². The van der Waals surface area contributed by atoms with Crippen molar-refractivity contribution in [2.75, 3.05) is 7.11 Å². The van der Waals surface area contributed by atoms with Crippen LogP contribution in [0.1, 0.15) is 50.5 Å². The monoisotopic (exact) mass is 304 g/mol. The number of nitrogens with one attached hydrogen (secondary N) is 1. The molecule has 3 rings (SSSR count). The van der Waals surface area contributed by atoms with Crippen molar-refractivity contribution in [1.82, 2.24) is 10.3 Å². The summed E-state index contributed by atoms with van der Waals surface area (Å²) in [5.74, 6) is 1.68. The van der Waals surface area contributed by atoms with Gasteiger partial charge < -0.3 is 19.6 Å². The minimum Gasteiger partial charge on any atom is -0.493 e. The zero-order valence-corrected chi connectivity index (χ0v) is 13.4. The van der Waals surface area contributed by atoms with Gasteiger partial charge >= 0.3 is 0 Å². The molecule has 1 fully saturated rings. The maximum atomic E-state index is 9.89. The Balaban J connectivity index is 1.83. The molecular formula is C17H24N2O3. The molecule has 0 aliphatic heterocycles. The van der Waals surface area contributed by atoms with Crippen molar-refractivity contribution in [2.45, 2.75) is 57.7 Å². The van der Waals surface area contributed by atoms with Gasteiger partial charge in [0.25, 0.3) is 0 Å². The molecule has 1 saturated carbocycles. The minimum atomic E-state index is -0.231. The molecule has 120 valence electrons. The Morgan fingerprint density at radius 3 is 2.86 bits per heavy atom. The van der Waals surface area contributed by atoms with Gasteiger partial charge in [-0.25, -0.2) is 4.98 Å². The van der Waals surface area contributed by atoms with Gasteiger partial charge in [0, 0.05) is 18.5 Å². The van der Waals surface area contributed by atoms with Crippen molar-refractivity contribution in [3.05, 3.63) is 23.6 Å². The summed E-state index contributed by atoms with van der Waals surface area (Å²) in [7, 11) is 1.64. The summed E-state index contributed by atoms with van der Waals surface area (Å²) in [6, 6.07) is 4.19. The van der Waals surface area contributed by atoms with Crippen LogP contribution in [0.2, 0.25) is 0 Å². The average Bonchev–Trinajstić information content (AvgIpc) is 3.10. The first-order chi connectivity index (χ1) is 10.6. The lowest BCUT2D eigenvalue weighted by Gasteiger charge is -2.16. The maximum absolute atomic E-state index is 9.89. The van der Waals surface area contributed by atoms with Crippen LogP contribution in [-0.4, -0.2) is 29.3 Å². The summed E-state index contributed by atoms with van der Waals surface area (Å²) in [5.41, 5.74) is 2.62. The molecule has 2 N–H and O–H groups in total. The van der Waals surface area contributed by atoms with Crippen molar-refractivity contribution < 1.29 is 14.3 Å². The fourth-order valence-corrected chi connectivity index (χ4v) is 3.00. The van der Waals surface area contributed by atoms with Crippen LogP contribution in [0.25, 0.3) is 11.1 Å². The van der Waals surface area contributed by atoms with Crippen molar-refractivity contribution in [2.24, 2.45) is 0 Å². The predicted molar refractivity (Wildman–Crippen MR) is 85.1 cm³/mol. The Bertz CT molecular complexity index is 651. The molecule has 1 aromatic carbocycles. The Morgan fingerprint density at radius 1 is 1.41 bits per heavy atom. The van der Waals surface area contributed by atoms with Gasteiger partial charge in [-0.3, -0.25) is 0 Å². The van der Waals surface area contributed by atoms with E-state index in [1.54, 1.807) is 7.11 Å². The average molecular weight is 304 g/mol. The smallest absolute Gasteiger partial charge is 0.198 e. The summed E-state index contributed by atoms with van der Waals surface area (Å²) in [4.78, 5) is 4.55. The van der Waals surface area contributed by atoms with Gasteiger partial charge in [0.1, 0.15) is 5.52 Å². The highest BCUT2D eigenvalue weighted by Crippen LogP contribution is 2.30. The second-order valence-corrected chi connectivity index (χ2v) is 6.34. The molecule has 1 heterocycles. The third-order valence-corrected chi connectivity index (χ3v) is 4.29. The summed E-state index contributed by atoms with van der Waals surface area (Å²) in [6.45, 7) is 4.81. The number of oxazole rings is 1. The standard InChI is InChI=1S/C17H24N2O3/c1-10(2)17-19-13-7-11(8-15(21-3)16(13)22-17)9-18-12-5-4-6-14(12)20/h7-8,10,12,14,18,20H,4-6,9H2,1-3H3/t12-,14+/m1/s1. The fraction of sp³-hybridized carbons (Fsp3) is 0.588. The maximum Gasteiger partial charge on any atom is 0.198 e. The number of hydrogen-bond donors (Lipinski definition) is 2. The molecule has 0 spiro atoms. The van der Waals surface area contributed by atoms with Crippen LogP contribution in [0.5, 0.6) is 5.75 Å². The van der Waals surface area contributed by atoms with Gasteiger partial charge in [0.2, 0.25) is 0 Å². The van der Waals surface area contributed by atoms with Crippen molar-refractivity contribution in [3.63, 3.8) is 0 Å². The van der Waals surface area contributed by atoms with E-state index in [4.69, 9.17) is 9.15 Å². The van der Waals surface area contributed by atoms with Crippen LogP contribution in [0.3, 0.4) is 0 Å². The minimum absolute atomic E-state index is 0.185. The highest BCUT2D eigenvalue weighted by atomic mass is 16.5. The van der Waals surface area contributed by atoms with E-state index in [0.29, 0.717) is 17.9 Å². The zero-order valence-electron chi connectivity index (χ0n) is 13.4. The Kier molecular flexibility index (Phi) is 4.36. The van der Waals surface area contributed by atoms with Crippen LogP contribution in [0, 0.1) is 0 Å². The van der Waals surface area contributed by atoms with E-state index in [0.717, 1.165) is 36.2 Å². The molecule has 0 radical (unpaired) electrons. The molecule has 2 aromatic rings. The molecule has 22 heavy (non-hydrogen) atoms. The SMILES string of the molecule is COc1cc(CN[C@@H]2CCC[C@@H]2O)cc2nc(C(C)C)oc12. The van der Waals surface area contributed by atoms with Crippen LogP contribution in [0.4, 0.5) is 0 Å². The highest BCUT2D eigenvalue weighted by Gasteiger charge is 2.24. The Labute approximate surface area is 130 Å². The lowest BCUT2D eigenvalue weighted by atomic mass is 10.1. The molecule has 1 aliphatic rings. The fourth-order valence-electron chi connectivity index (χ4n) is 3.00. The number of aliphatic hydroxyl groups is 1. The summed E-state index contributed by atoms with van der Waals surface area (Å²) >= 11 is 0. The summed E-state index contributed by atoms with van der Waals surface area (Å²) < 4.78 is 11.2. The number of methoxy groups -OCH3 is 1. The van der Waals surface area contributed by atoms with Gasteiger partial charge in [-0.15, -0.1) is 0 Å². The van der Waals surface area contributed by atoms with Crippen molar-refractivity contribution in [1.29, 1.82) is 0 Å². The number of nitrogens with zero attached hydrogens (tertiary/aromatic N) is 1. The lowest BCUT2D eigenvalue weighted by molar-refractivity contribution is 0.148. The van der Waals surface area contributed by atoms with E-state index in [9.17, 15) is 5.11 Å². The molecule has 0 amide bonds. The van der Waals surface area contributed by atoms with E-state index in [2.05, 4.69) is 24.1 Å². The number of hydrogen-bond acceptors (Lipinski definition) is 5. The molecule has 5 heteroatoms. The molecule has 1 aliphatic carbocycles. The second-order valence-electron chi connectivity index (χ2n) is 6.34. The number of aromatic nitrogens is 1. The molecule has 1 aromatic heterocycles. The van der Waals surface area contributed by atoms with Gasteiger partial charge in [0.05, 0.1) is 13.2 Å². The van der Waals surface area contributed by atoms with E-state index in [1.807, 2.05) is 12.1 Å². The number of rotatable bonds is 5. The summed E-state index contributed by atoms with van der Waals surface area (Å²) in [5, 5.41) is 13.3. The molecule has 5 nitrogen and oxygen atoms in total. The van der Waals surface area contributed by atoms with Crippen LogP contribution in [-0.2, 0) is 6.54 Å². The predicted octanol–water partition coefficient (Wildman–Crippen LogP) is 2.96. The third-order valence-electron chi connectivity index (χ3n) is 4.29. The number of benzene rings is 1. The lowest BCUT2D eigenvalue weighted by Crippen LogP contribution is -2.35. The van der Waals surface area contributed by atoms with E-state index >= 15 is 0 Å². The Morgan fingerprint density at radius 2 is 2.23 bits per heavy atom. The van der Waals surface area contributed by atoms with Gasteiger partial charge in [-0.2, -0.15) is 0 Å². The first-order valence-electron chi connectivity index (χ1n) is 7.97. The van der Waals surface area contributed by atoms with Gasteiger partial charge in [-0.1, -0.05) is 13.8 Å². The molecule has 2 atom stereocenters. The van der Waals surface area contributed by atoms with Crippen molar-refractivity contribution in [3.8, 4) is 5.75 Å². The topological polar surface area (TPSA) is 67.5 Å². The van der Waals surface area contributed by atoms with E-state index in [-0.39, 0.29) is 18.1 Å². The molecule has 0 saturated heterocycles. The van der Waals surface area contributed by atoms with Crippen LogP contribution in [0.15, 0.2) is 16.5 Å². The quantitative estimate of drug-likeness (QED) is 0.889.